The Morgan fingerprint density at radius 2 is 2.06 bits per heavy atom. The molecule has 0 spiro atoms. The topological polar surface area (TPSA) is 69.4 Å². The van der Waals surface area contributed by atoms with E-state index in [9.17, 15) is 14.9 Å². The van der Waals surface area contributed by atoms with Crippen LogP contribution in [0.3, 0.4) is 0 Å². The molecule has 5 nitrogen and oxygen atoms in total. The Labute approximate surface area is 98.5 Å². The van der Waals surface area contributed by atoms with Gasteiger partial charge >= 0.3 is 0 Å². The summed E-state index contributed by atoms with van der Waals surface area (Å²) in [6.07, 6.45) is 0. The molecular formula is C12H13NO4. The van der Waals surface area contributed by atoms with Gasteiger partial charge in [0.1, 0.15) is 11.4 Å². The molecule has 5 heteroatoms. The Kier molecular flexibility index (Phi) is 2.41. The van der Waals surface area contributed by atoms with Crippen LogP contribution in [0.25, 0.3) is 0 Å². The van der Waals surface area contributed by atoms with Gasteiger partial charge < -0.3 is 4.74 Å². The van der Waals surface area contributed by atoms with Crippen molar-refractivity contribution in [1.82, 2.24) is 0 Å². The van der Waals surface area contributed by atoms with Crippen LogP contribution in [0.15, 0.2) is 18.2 Å². The fourth-order valence-corrected chi connectivity index (χ4v) is 1.83. The average Bonchev–Trinajstić information content (AvgIpc) is 2.25. The summed E-state index contributed by atoms with van der Waals surface area (Å²) < 4.78 is 5.69. The number of nitro benzene ring substituents is 1. The summed E-state index contributed by atoms with van der Waals surface area (Å²) in [7, 11) is 0. The summed E-state index contributed by atoms with van der Waals surface area (Å²) in [5, 5.41) is 10.7. The highest BCUT2D eigenvalue weighted by molar-refractivity contribution is 6.02. The average molecular weight is 235 g/mol. The molecule has 1 heterocycles. The monoisotopic (exact) mass is 235 g/mol. The Bertz CT molecular complexity index is 507. The van der Waals surface area contributed by atoms with Crippen molar-refractivity contribution >= 4 is 11.5 Å². The summed E-state index contributed by atoms with van der Waals surface area (Å²) in [4.78, 5) is 22.2. The molecule has 0 amide bonds. The second kappa shape index (κ2) is 3.55. The number of benzene rings is 1. The summed E-state index contributed by atoms with van der Waals surface area (Å²) in [6, 6.07) is 4.11. The molecule has 0 saturated heterocycles. The van der Waals surface area contributed by atoms with Gasteiger partial charge in [0.15, 0.2) is 5.78 Å². The molecule has 1 aromatic rings. The zero-order valence-electron chi connectivity index (χ0n) is 9.89. The SMILES string of the molecule is CC1C(=O)c2cc([N+](=O)[O-])ccc2OC1(C)C. The molecule has 0 aromatic heterocycles. The minimum absolute atomic E-state index is 0.0902. The number of ether oxygens (including phenoxy) is 1. The lowest BCUT2D eigenvalue weighted by Gasteiger charge is -2.36. The highest BCUT2D eigenvalue weighted by atomic mass is 16.6. The maximum Gasteiger partial charge on any atom is 0.270 e. The van der Waals surface area contributed by atoms with E-state index in [1.54, 1.807) is 6.92 Å². The van der Waals surface area contributed by atoms with Gasteiger partial charge in [0.2, 0.25) is 0 Å². The molecule has 17 heavy (non-hydrogen) atoms. The van der Waals surface area contributed by atoms with Gasteiger partial charge in [0, 0.05) is 12.1 Å². The van der Waals surface area contributed by atoms with Crippen LogP contribution in [0.2, 0.25) is 0 Å². The molecular weight excluding hydrogens is 222 g/mol. The number of carbonyl (C=O) groups excluding carboxylic acids is 1. The van der Waals surface area contributed by atoms with Gasteiger partial charge in [-0.1, -0.05) is 6.92 Å². The highest BCUT2D eigenvalue weighted by Gasteiger charge is 2.40. The second-order valence-electron chi connectivity index (χ2n) is 4.73. The van der Waals surface area contributed by atoms with Crippen molar-refractivity contribution < 1.29 is 14.5 Å². The summed E-state index contributed by atoms with van der Waals surface area (Å²) >= 11 is 0. The lowest BCUT2D eigenvalue weighted by molar-refractivity contribution is -0.384. The van der Waals surface area contributed by atoms with Crippen LogP contribution in [0, 0.1) is 16.0 Å². The molecule has 90 valence electrons. The zero-order valence-corrected chi connectivity index (χ0v) is 9.89. The van der Waals surface area contributed by atoms with Gasteiger partial charge in [0.25, 0.3) is 5.69 Å². The van der Waals surface area contributed by atoms with Gasteiger partial charge in [-0.15, -0.1) is 0 Å². The second-order valence-corrected chi connectivity index (χ2v) is 4.73. The summed E-state index contributed by atoms with van der Waals surface area (Å²) in [5.74, 6) is -0.0133. The van der Waals surface area contributed by atoms with E-state index >= 15 is 0 Å². The number of rotatable bonds is 1. The summed E-state index contributed by atoms with van der Waals surface area (Å²) in [5.41, 5.74) is -0.376. The minimum Gasteiger partial charge on any atom is -0.486 e. The third-order valence-electron chi connectivity index (χ3n) is 3.25. The number of non-ortho nitro benzene ring substituents is 1. The van der Waals surface area contributed by atoms with Gasteiger partial charge in [-0.25, -0.2) is 0 Å². The molecule has 1 aliphatic rings. The van der Waals surface area contributed by atoms with Gasteiger partial charge in [-0.3, -0.25) is 14.9 Å². The molecule has 0 bridgehead atoms. The largest absolute Gasteiger partial charge is 0.486 e. The van der Waals surface area contributed by atoms with E-state index in [1.807, 2.05) is 13.8 Å². The Morgan fingerprint density at radius 1 is 1.41 bits per heavy atom. The van der Waals surface area contributed by atoms with Crippen molar-refractivity contribution in [1.29, 1.82) is 0 Å². The van der Waals surface area contributed by atoms with Crippen LogP contribution in [0.5, 0.6) is 5.75 Å². The lowest BCUT2D eigenvalue weighted by Crippen LogP contribution is -2.44. The fraction of sp³-hybridized carbons (Fsp3) is 0.417. The van der Waals surface area contributed by atoms with E-state index in [0.29, 0.717) is 11.3 Å². The van der Waals surface area contributed by atoms with Crippen molar-refractivity contribution in [2.24, 2.45) is 5.92 Å². The highest BCUT2D eigenvalue weighted by Crippen LogP contribution is 2.38. The van der Waals surface area contributed by atoms with Crippen LogP contribution in [0.4, 0.5) is 5.69 Å². The number of ketones is 1. The van der Waals surface area contributed by atoms with Gasteiger partial charge in [0.05, 0.1) is 16.4 Å². The van der Waals surface area contributed by atoms with E-state index in [4.69, 9.17) is 4.74 Å². The molecule has 0 radical (unpaired) electrons. The van der Waals surface area contributed by atoms with Gasteiger partial charge in [-0.2, -0.15) is 0 Å². The van der Waals surface area contributed by atoms with Crippen molar-refractivity contribution in [3.63, 3.8) is 0 Å². The zero-order chi connectivity index (χ0) is 12.8. The number of Topliss-reactive ketones (excluding diaryl/α,β-unsaturated/α-hetero) is 1. The van der Waals surface area contributed by atoms with E-state index in [2.05, 4.69) is 0 Å². The Morgan fingerprint density at radius 3 is 2.65 bits per heavy atom. The Hall–Kier alpha value is -1.91. The smallest absolute Gasteiger partial charge is 0.270 e. The number of carbonyl (C=O) groups is 1. The van der Waals surface area contributed by atoms with E-state index in [-0.39, 0.29) is 17.4 Å². The third kappa shape index (κ3) is 1.77. The molecule has 1 aliphatic heterocycles. The molecule has 0 saturated carbocycles. The van der Waals surface area contributed by atoms with Crippen molar-refractivity contribution in [2.75, 3.05) is 0 Å². The predicted octanol–water partition coefficient (Wildman–Crippen LogP) is 2.58. The normalized spacial score (nSPS) is 21.6. The molecule has 0 aliphatic carbocycles. The Balaban J connectivity index is 2.54. The maximum atomic E-state index is 12.1. The molecule has 1 aromatic carbocycles. The van der Waals surface area contributed by atoms with E-state index in [0.717, 1.165) is 0 Å². The predicted molar refractivity (Wildman–Crippen MR) is 61.3 cm³/mol. The molecule has 2 rings (SSSR count). The van der Waals surface area contributed by atoms with E-state index in [1.165, 1.54) is 18.2 Å². The first-order chi connectivity index (χ1) is 7.83. The first-order valence-corrected chi connectivity index (χ1v) is 5.34. The number of fused-ring (bicyclic) bond motifs is 1. The standard InChI is InChI=1S/C12H13NO4/c1-7-11(14)9-6-8(13(15)16)4-5-10(9)17-12(7,2)3/h4-7H,1-3H3. The number of hydrogen-bond donors (Lipinski definition) is 0. The van der Waals surface area contributed by atoms with Gasteiger partial charge in [-0.05, 0) is 19.9 Å². The molecule has 0 fully saturated rings. The first kappa shape index (κ1) is 11.6. The van der Waals surface area contributed by atoms with Crippen LogP contribution < -0.4 is 4.74 Å². The third-order valence-corrected chi connectivity index (χ3v) is 3.25. The van der Waals surface area contributed by atoms with Crippen molar-refractivity contribution in [3.8, 4) is 5.75 Å². The van der Waals surface area contributed by atoms with Crippen LogP contribution in [-0.2, 0) is 0 Å². The van der Waals surface area contributed by atoms with E-state index < -0.39 is 10.5 Å². The first-order valence-electron chi connectivity index (χ1n) is 5.34. The number of nitro groups is 1. The van der Waals surface area contributed by atoms with Crippen LogP contribution in [0.1, 0.15) is 31.1 Å². The van der Waals surface area contributed by atoms with Crippen LogP contribution >= 0.6 is 0 Å². The number of hydrogen-bond acceptors (Lipinski definition) is 4. The fourth-order valence-electron chi connectivity index (χ4n) is 1.83. The minimum atomic E-state index is -0.583. The van der Waals surface area contributed by atoms with Crippen molar-refractivity contribution in [3.05, 3.63) is 33.9 Å². The molecule has 1 unspecified atom stereocenters. The molecule has 1 atom stereocenters. The van der Waals surface area contributed by atoms with Crippen molar-refractivity contribution in [2.45, 2.75) is 26.4 Å². The molecule has 0 N–H and O–H groups in total. The quantitative estimate of drug-likeness (QED) is 0.554. The maximum absolute atomic E-state index is 12.1. The lowest BCUT2D eigenvalue weighted by atomic mass is 9.83. The summed E-state index contributed by atoms with van der Waals surface area (Å²) in [6.45, 7) is 5.43. The number of nitrogens with zero attached hydrogens (tertiary/aromatic N) is 1. The van der Waals surface area contributed by atoms with Crippen LogP contribution in [-0.4, -0.2) is 16.3 Å².